The van der Waals surface area contributed by atoms with Gasteiger partial charge in [0.25, 0.3) is 14.2 Å². The zero-order valence-corrected chi connectivity index (χ0v) is 32.9. The molecule has 1 fully saturated rings. The molecule has 0 saturated carbocycles. The first-order valence-electron chi connectivity index (χ1n) is 19.2. The molecule has 5 aromatic rings. The first kappa shape index (κ1) is 39.4. The van der Waals surface area contributed by atoms with Crippen LogP contribution in [0.3, 0.4) is 0 Å². The zero-order chi connectivity index (χ0) is 39.1. The van der Waals surface area contributed by atoms with Crippen LogP contribution in [0, 0.1) is 17.6 Å². The first-order valence-corrected chi connectivity index (χ1v) is 21.1. The van der Waals surface area contributed by atoms with Crippen LogP contribution in [0.5, 0.6) is 0 Å². The molecule has 1 aromatic heterocycles. The van der Waals surface area contributed by atoms with Crippen LogP contribution in [0.4, 0.5) is 22.0 Å². The SMILES string of the molecule is C[C@@H]1Cn2c(cc3ccccc32)[C@@H](c2c(F)cc(C(O)C3CN(CCCF)C3)cc2F)N1CC(F)(F)CO[Si](c1ccccc1)(c1ccccc1)C(C)(C)C. The number of likely N-dealkylation sites (tertiary alicyclic amines) is 1. The minimum absolute atomic E-state index is 0.0916. The number of halogens is 5. The van der Waals surface area contributed by atoms with Crippen LogP contribution in [0.2, 0.25) is 5.04 Å². The normalized spacial score (nSPS) is 19.4. The average Bonchev–Trinajstić information content (AvgIpc) is 3.50. The van der Waals surface area contributed by atoms with E-state index in [1.165, 1.54) is 4.90 Å². The van der Waals surface area contributed by atoms with Crippen LogP contribution in [0.1, 0.15) is 63.1 Å². The number of alkyl halides is 3. The van der Waals surface area contributed by atoms with Gasteiger partial charge in [0.1, 0.15) is 11.6 Å². The Balaban J connectivity index is 1.24. The second-order valence-electron chi connectivity index (χ2n) is 16.4. The summed E-state index contributed by atoms with van der Waals surface area (Å²) in [6, 6.07) is 29.1. The fraction of sp³-hybridized carbons (Fsp3) is 0.409. The average molecular weight is 776 g/mol. The van der Waals surface area contributed by atoms with E-state index in [4.69, 9.17) is 4.43 Å². The van der Waals surface area contributed by atoms with E-state index in [0.717, 1.165) is 33.4 Å². The summed E-state index contributed by atoms with van der Waals surface area (Å²) in [5.41, 5.74) is 1.12. The number of benzene rings is 4. The van der Waals surface area contributed by atoms with Crippen LogP contribution >= 0.6 is 0 Å². The third-order valence-electron chi connectivity index (χ3n) is 11.6. The molecule has 292 valence electrons. The van der Waals surface area contributed by atoms with Gasteiger partial charge in [0.05, 0.1) is 32.0 Å². The number of hydrogen-bond donors (Lipinski definition) is 1. The maximum Gasteiger partial charge on any atom is 0.282 e. The summed E-state index contributed by atoms with van der Waals surface area (Å²) >= 11 is 0. The second-order valence-corrected chi connectivity index (χ2v) is 20.7. The first-order chi connectivity index (χ1) is 26.2. The quantitative estimate of drug-likeness (QED) is 0.0967. The molecule has 1 unspecified atom stereocenters. The molecule has 4 aromatic carbocycles. The van der Waals surface area contributed by atoms with Gasteiger partial charge in [-0.1, -0.05) is 99.6 Å². The topological polar surface area (TPSA) is 40.9 Å². The maximum atomic E-state index is 16.8. The Hall–Kier alpha value is -3.87. The van der Waals surface area contributed by atoms with Crippen molar-refractivity contribution in [2.75, 3.05) is 39.5 Å². The molecule has 7 rings (SSSR count). The number of rotatable bonds is 13. The van der Waals surface area contributed by atoms with Gasteiger partial charge in [0.2, 0.25) is 0 Å². The third kappa shape index (κ3) is 7.54. The van der Waals surface area contributed by atoms with Crippen molar-refractivity contribution in [3.05, 3.63) is 132 Å². The van der Waals surface area contributed by atoms with E-state index in [0.29, 0.717) is 38.3 Å². The number of aliphatic hydroxyl groups excluding tert-OH is 1. The lowest BCUT2D eigenvalue weighted by atomic mass is 9.87. The molecule has 0 bridgehead atoms. The number of fused-ring (bicyclic) bond motifs is 3. The fourth-order valence-corrected chi connectivity index (χ4v) is 13.5. The maximum absolute atomic E-state index is 16.8. The number of para-hydroxylation sites is 1. The standard InChI is InChI=1S/C44H50F5N3O2Si/c1-30-25-51-38-19-12-11-14-31(38)24-39(51)41(40-36(46)22-32(23-37(40)47)42(53)33-26-50(27-33)21-13-20-45)52(30)28-44(48,49)29-54-55(43(2,3)4,34-15-7-5-8-16-34)35-17-9-6-10-18-35/h5-12,14-19,22-24,30,33,41-42,53H,13,20-21,25-29H2,1-4H3/t30-,41+,42?/m1/s1. The number of aliphatic hydroxyl groups is 1. The van der Waals surface area contributed by atoms with Crippen LogP contribution in [-0.4, -0.2) is 79.2 Å². The lowest BCUT2D eigenvalue weighted by Gasteiger charge is -2.46. The summed E-state index contributed by atoms with van der Waals surface area (Å²) < 4.78 is 88.0. The molecule has 2 aliphatic rings. The summed E-state index contributed by atoms with van der Waals surface area (Å²) in [4.78, 5) is 3.50. The molecule has 0 radical (unpaired) electrons. The van der Waals surface area contributed by atoms with Gasteiger partial charge in [-0.15, -0.1) is 0 Å². The number of hydrogen-bond acceptors (Lipinski definition) is 4. The molecule has 3 heterocycles. The second kappa shape index (κ2) is 15.6. The summed E-state index contributed by atoms with van der Waals surface area (Å²) in [5.74, 6) is -5.49. The van der Waals surface area contributed by atoms with Crippen molar-refractivity contribution in [2.24, 2.45) is 5.92 Å². The molecule has 2 aliphatic heterocycles. The molecule has 0 aliphatic carbocycles. The highest BCUT2D eigenvalue weighted by atomic mass is 28.4. The van der Waals surface area contributed by atoms with Crippen molar-refractivity contribution in [2.45, 2.75) is 69.8 Å². The number of nitrogens with zero attached hydrogens (tertiary/aromatic N) is 3. The van der Waals surface area contributed by atoms with E-state index >= 15 is 17.6 Å². The summed E-state index contributed by atoms with van der Waals surface area (Å²) in [6.45, 7) is 7.63. The number of aromatic nitrogens is 1. The van der Waals surface area contributed by atoms with Gasteiger partial charge in [0, 0.05) is 54.9 Å². The van der Waals surface area contributed by atoms with Crippen LogP contribution < -0.4 is 10.4 Å². The van der Waals surface area contributed by atoms with Crippen LogP contribution in [0.25, 0.3) is 10.9 Å². The Kier molecular flexibility index (Phi) is 11.1. The van der Waals surface area contributed by atoms with E-state index in [9.17, 15) is 9.50 Å². The van der Waals surface area contributed by atoms with Crippen molar-refractivity contribution in [1.82, 2.24) is 14.4 Å². The summed E-state index contributed by atoms with van der Waals surface area (Å²) in [5, 5.41) is 13.2. The van der Waals surface area contributed by atoms with E-state index in [2.05, 4.69) is 0 Å². The molecule has 1 saturated heterocycles. The molecular formula is C44H50F5N3O2Si. The summed E-state index contributed by atoms with van der Waals surface area (Å²) in [7, 11) is -3.32. The van der Waals surface area contributed by atoms with Gasteiger partial charge in [-0.3, -0.25) is 9.29 Å². The molecule has 0 spiro atoms. The molecular weight excluding hydrogens is 726 g/mol. The Labute approximate surface area is 321 Å². The van der Waals surface area contributed by atoms with Crippen molar-refractivity contribution >= 4 is 29.6 Å². The van der Waals surface area contributed by atoms with E-state index < -0.39 is 68.9 Å². The highest BCUT2D eigenvalue weighted by Gasteiger charge is 2.52. The lowest BCUT2D eigenvalue weighted by molar-refractivity contribution is -0.0854. The summed E-state index contributed by atoms with van der Waals surface area (Å²) in [6.07, 6.45) is -0.742. The molecule has 1 N–H and O–H groups in total. The molecule has 0 amide bonds. The van der Waals surface area contributed by atoms with Gasteiger partial charge in [0.15, 0.2) is 0 Å². The van der Waals surface area contributed by atoms with Crippen LogP contribution in [0.15, 0.2) is 103 Å². The predicted octanol–water partition coefficient (Wildman–Crippen LogP) is 8.25. The largest absolute Gasteiger partial charge is 0.401 e. The van der Waals surface area contributed by atoms with Gasteiger partial charge >= 0.3 is 0 Å². The van der Waals surface area contributed by atoms with Crippen molar-refractivity contribution < 1.29 is 31.5 Å². The van der Waals surface area contributed by atoms with E-state index in [1.807, 2.05) is 128 Å². The van der Waals surface area contributed by atoms with Crippen LogP contribution in [-0.2, 0) is 11.0 Å². The van der Waals surface area contributed by atoms with E-state index in [-0.39, 0.29) is 17.0 Å². The lowest BCUT2D eigenvalue weighted by Crippen LogP contribution is -2.67. The Morgan fingerprint density at radius 2 is 1.42 bits per heavy atom. The zero-order valence-electron chi connectivity index (χ0n) is 31.9. The smallest absolute Gasteiger partial charge is 0.282 e. The molecule has 55 heavy (non-hydrogen) atoms. The monoisotopic (exact) mass is 775 g/mol. The highest BCUT2D eigenvalue weighted by Crippen LogP contribution is 2.44. The predicted molar refractivity (Wildman–Crippen MR) is 210 cm³/mol. The Morgan fingerprint density at radius 1 is 0.836 bits per heavy atom. The van der Waals surface area contributed by atoms with Gasteiger partial charge in [-0.25, -0.2) is 17.6 Å². The minimum Gasteiger partial charge on any atom is -0.401 e. The third-order valence-corrected chi connectivity index (χ3v) is 16.5. The fourth-order valence-electron chi connectivity index (χ4n) is 8.89. The Morgan fingerprint density at radius 3 is 2.00 bits per heavy atom. The van der Waals surface area contributed by atoms with Crippen molar-refractivity contribution in [3.63, 3.8) is 0 Å². The molecule has 3 atom stereocenters. The highest BCUT2D eigenvalue weighted by molar-refractivity contribution is 6.99. The van der Waals surface area contributed by atoms with Crippen molar-refractivity contribution in [1.29, 1.82) is 0 Å². The van der Waals surface area contributed by atoms with Crippen molar-refractivity contribution in [3.8, 4) is 0 Å². The minimum atomic E-state index is -3.42. The van der Waals surface area contributed by atoms with Gasteiger partial charge < -0.3 is 19.0 Å². The van der Waals surface area contributed by atoms with Gasteiger partial charge in [-0.05, 0) is 64.0 Å². The van der Waals surface area contributed by atoms with Gasteiger partial charge in [-0.2, -0.15) is 0 Å². The van der Waals surface area contributed by atoms with E-state index in [1.54, 1.807) is 0 Å². The Bertz CT molecular complexity index is 2020. The molecule has 5 nitrogen and oxygen atoms in total. The molecule has 11 heteroatoms.